The third-order valence-corrected chi connectivity index (χ3v) is 5.28. The summed E-state index contributed by atoms with van der Waals surface area (Å²) in [6.45, 7) is 3.09. The number of hydrogen-bond acceptors (Lipinski definition) is 3. The first-order valence-corrected chi connectivity index (χ1v) is 9.82. The van der Waals surface area contributed by atoms with E-state index in [-0.39, 0.29) is 12.1 Å². The molecule has 2 unspecified atom stereocenters. The first-order valence-electron chi connectivity index (χ1n) is 9.41. The highest BCUT2D eigenvalue weighted by Crippen LogP contribution is 2.40. The molecule has 27 heavy (non-hydrogen) atoms. The summed E-state index contributed by atoms with van der Waals surface area (Å²) < 4.78 is 6.29. The van der Waals surface area contributed by atoms with Gasteiger partial charge < -0.3 is 14.6 Å². The molecule has 3 aromatic rings. The van der Waals surface area contributed by atoms with Crippen LogP contribution in [0.4, 0.5) is 0 Å². The normalized spacial score (nSPS) is 19.3. The number of nitrogens with zero attached hydrogens (tertiary/aromatic N) is 2. The number of furan rings is 1. The zero-order valence-electron chi connectivity index (χ0n) is 15.3. The fourth-order valence-electron chi connectivity index (χ4n) is 3.55. The first kappa shape index (κ1) is 17.7. The van der Waals surface area contributed by atoms with Crippen molar-refractivity contribution in [2.75, 3.05) is 6.54 Å². The summed E-state index contributed by atoms with van der Waals surface area (Å²) in [5.74, 6) is 1.78. The highest BCUT2D eigenvalue weighted by Gasteiger charge is 2.41. The molecule has 1 aromatic carbocycles. The van der Waals surface area contributed by atoms with Crippen molar-refractivity contribution in [1.82, 2.24) is 15.2 Å². The molecular weight excluding hydrogens is 354 g/mol. The number of hydrogen-bond donors (Lipinski definition) is 1. The van der Waals surface area contributed by atoms with Gasteiger partial charge in [0.05, 0.1) is 11.7 Å². The molecular formula is C22H23N3OS. The number of nitrogens with one attached hydrogen (secondary N) is 1. The third kappa shape index (κ3) is 3.60. The summed E-state index contributed by atoms with van der Waals surface area (Å²) in [5.41, 5.74) is 2.05. The number of aromatic nitrogens is 1. The van der Waals surface area contributed by atoms with Crippen molar-refractivity contribution in [3.05, 3.63) is 78.3 Å². The molecule has 0 radical (unpaired) electrons. The Kier molecular flexibility index (Phi) is 5.21. The van der Waals surface area contributed by atoms with Crippen LogP contribution in [-0.4, -0.2) is 21.5 Å². The lowest BCUT2D eigenvalue weighted by atomic mass is 10.0. The number of rotatable bonds is 6. The Morgan fingerprint density at radius 2 is 1.89 bits per heavy atom. The van der Waals surface area contributed by atoms with E-state index < -0.39 is 0 Å². The molecule has 0 spiro atoms. The average molecular weight is 378 g/mol. The molecule has 0 amide bonds. The van der Waals surface area contributed by atoms with Gasteiger partial charge in [-0.05, 0) is 42.9 Å². The molecule has 3 heterocycles. The molecule has 4 rings (SSSR count). The van der Waals surface area contributed by atoms with Crippen molar-refractivity contribution in [1.29, 1.82) is 0 Å². The Labute approximate surface area is 165 Å². The molecule has 1 aliphatic heterocycles. The predicted molar refractivity (Wildman–Crippen MR) is 111 cm³/mol. The van der Waals surface area contributed by atoms with E-state index >= 15 is 0 Å². The highest BCUT2D eigenvalue weighted by molar-refractivity contribution is 7.80. The van der Waals surface area contributed by atoms with Gasteiger partial charge >= 0.3 is 0 Å². The Morgan fingerprint density at radius 1 is 1.07 bits per heavy atom. The fourth-order valence-corrected chi connectivity index (χ4v) is 3.88. The van der Waals surface area contributed by atoms with Crippen LogP contribution in [0.2, 0.25) is 0 Å². The Hall–Kier alpha value is -2.66. The van der Waals surface area contributed by atoms with Gasteiger partial charge in [-0.2, -0.15) is 0 Å². The van der Waals surface area contributed by atoms with E-state index in [2.05, 4.69) is 40.3 Å². The minimum absolute atomic E-state index is 0.00332. The largest absolute Gasteiger partial charge is 0.459 e. The lowest BCUT2D eigenvalue weighted by Gasteiger charge is -2.25. The van der Waals surface area contributed by atoms with Crippen molar-refractivity contribution in [2.24, 2.45) is 0 Å². The summed E-state index contributed by atoms with van der Waals surface area (Å²) in [5, 5.41) is 4.23. The first-order chi connectivity index (χ1) is 13.3. The van der Waals surface area contributed by atoms with Crippen LogP contribution in [0, 0.1) is 0 Å². The van der Waals surface area contributed by atoms with Gasteiger partial charge in [-0.15, -0.1) is 0 Å². The highest BCUT2D eigenvalue weighted by atomic mass is 32.1. The van der Waals surface area contributed by atoms with Gasteiger partial charge in [0.1, 0.15) is 17.6 Å². The second-order valence-corrected chi connectivity index (χ2v) is 7.13. The van der Waals surface area contributed by atoms with Crippen molar-refractivity contribution >= 4 is 17.3 Å². The monoisotopic (exact) mass is 377 g/mol. The topological polar surface area (TPSA) is 41.3 Å². The maximum absolute atomic E-state index is 6.29. The molecule has 4 nitrogen and oxygen atoms in total. The van der Waals surface area contributed by atoms with Gasteiger partial charge in [0.2, 0.25) is 0 Å². The molecule has 2 atom stereocenters. The molecule has 138 valence electrons. The third-order valence-electron chi connectivity index (χ3n) is 4.93. The second-order valence-electron chi connectivity index (χ2n) is 6.74. The van der Waals surface area contributed by atoms with Gasteiger partial charge in [0.25, 0.3) is 0 Å². The number of pyridine rings is 1. The van der Waals surface area contributed by atoms with E-state index in [1.807, 2.05) is 48.7 Å². The van der Waals surface area contributed by atoms with Crippen LogP contribution < -0.4 is 5.32 Å². The minimum Gasteiger partial charge on any atom is -0.459 e. The molecule has 1 aliphatic rings. The maximum atomic E-state index is 6.29. The Balaban J connectivity index is 1.70. The summed E-state index contributed by atoms with van der Waals surface area (Å²) in [6, 6.07) is 20.2. The van der Waals surface area contributed by atoms with Crippen molar-refractivity contribution < 1.29 is 4.42 Å². The van der Waals surface area contributed by atoms with Gasteiger partial charge in [0, 0.05) is 18.3 Å². The second kappa shape index (κ2) is 7.92. The number of unbranched alkanes of at least 4 members (excludes halogenated alkanes) is 1. The fraction of sp³-hybridized carbons (Fsp3) is 0.273. The minimum atomic E-state index is -0.0228. The Morgan fingerprint density at radius 3 is 2.63 bits per heavy atom. The standard InChI is InChI=1S/C22H23N3OS/c1-2-3-15-25-21(20(24-22(25)27)17-11-7-8-14-23-17)19-13-12-18(26-19)16-9-5-4-6-10-16/h4-14,20-21H,2-3,15H2,1H3,(H,24,27). The molecule has 2 aromatic heterocycles. The van der Waals surface area contributed by atoms with Gasteiger partial charge in [-0.25, -0.2) is 0 Å². The number of thiocarbonyl (C=S) groups is 1. The quantitative estimate of drug-likeness (QED) is 0.604. The van der Waals surface area contributed by atoms with E-state index in [1.165, 1.54) is 0 Å². The predicted octanol–water partition coefficient (Wildman–Crippen LogP) is 5.11. The summed E-state index contributed by atoms with van der Waals surface area (Å²) in [7, 11) is 0. The molecule has 0 bridgehead atoms. The molecule has 0 aliphatic carbocycles. The molecule has 1 saturated heterocycles. The van der Waals surface area contributed by atoms with Crippen molar-refractivity contribution in [2.45, 2.75) is 31.8 Å². The smallest absolute Gasteiger partial charge is 0.170 e. The van der Waals surface area contributed by atoms with Gasteiger partial charge in [0.15, 0.2) is 5.11 Å². The lowest BCUT2D eigenvalue weighted by Crippen LogP contribution is -2.30. The lowest BCUT2D eigenvalue weighted by molar-refractivity contribution is 0.271. The van der Waals surface area contributed by atoms with E-state index in [9.17, 15) is 0 Å². The maximum Gasteiger partial charge on any atom is 0.170 e. The molecule has 5 heteroatoms. The van der Waals surface area contributed by atoms with Crippen molar-refractivity contribution in [3.8, 4) is 11.3 Å². The van der Waals surface area contributed by atoms with Crippen LogP contribution >= 0.6 is 12.2 Å². The SMILES string of the molecule is CCCCN1C(=S)NC(c2ccccn2)C1c1ccc(-c2ccccc2)o1. The van der Waals surface area contributed by atoms with Crippen molar-refractivity contribution in [3.63, 3.8) is 0 Å². The summed E-state index contributed by atoms with van der Waals surface area (Å²) in [4.78, 5) is 6.80. The molecule has 1 fully saturated rings. The zero-order valence-corrected chi connectivity index (χ0v) is 16.2. The van der Waals surface area contributed by atoms with Gasteiger partial charge in [-0.3, -0.25) is 4.98 Å². The van der Waals surface area contributed by atoms with E-state index in [0.29, 0.717) is 0 Å². The van der Waals surface area contributed by atoms with Gasteiger partial charge in [-0.1, -0.05) is 49.7 Å². The molecule has 1 N–H and O–H groups in total. The van der Waals surface area contributed by atoms with Crippen LogP contribution in [0.25, 0.3) is 11.3 Å². The van der Waals surface area contributed by atoms with Crippen LogP contribution in [0.1, 0.15) is 43.3 Å². The van der Waals surface area contributed by atoms with E-state index in [4.69, 9.17) is 16.6 Å². The average Bonchev–Trinajstić information content (AvgIpc) is 3.32. The zero-order chi connectivity index (χ0) is 18.6. The van der Waals surface area contributed by atoms with Crippen LogP contribution in [0.5, 0.6) is 0 Å². The Bertz CT molecular complexity index is 894. The van der Waals surface area contributed by atoms with E-state index in [0.717, 1.165) is 47.3 Å². The summed E-state index contributed by atoms with van der Waals surface area (Å²) >= 11 is 5.65. The van der Waals surface area contributed by atoms with Crippen LogP contribution in [0.15, 0.2) is 71.3 Å². The summed E-state index contributed by atoms with van der Waals surface area (Å²) in [6.07, 6.45) is 4.02. The van der Waals surface area contributed by atoms with E-state index in [1.54, 1.807) is 0 Å². The van der Waals surface area contributed by atoms with Crippen LogP contribution in [-0.2, 0) is 0 Å². The van der Waals surface area contributed by atoms with Crippen LogP contribution in [0.3, 0.4) is 0 Å². The number of benzene rings is 1. The molecule has 0 saturated carbocycles.